The molecule has 0 radical (unpaired) electrons. The van der Waals surface area contributed by atoms with Gasteiger partial charge in [0, 0.05) is 18.1 Å². The Hall–Kier alpha value is -0.0800. The Bertz CT molecular complexity index is 233. The third-order valence-corrected chi connectivity index (χ3v) is 5.37. The molecule has 106 valence electrons. The van der Waals surface area contributed by atoms with Crippen LogP contribution in [0.3, 0.4) is 0 Å². The highest BCUT2D eigenvalue weighted by molar-refractivity contribution is 4.87. The van der Waals surface area contributed by atoms with Gasteiger partial charge in [-0.25, -0.2) is 0 Å². The number of rotatable bonds is 2. The van der Waals surface area contributed by atoms with E-state index in [0.29, 0.717) is 12.1 Å². The SMILES string of the molecule is CC1CCC(N(C)C2CCCCCCC2N)CC1. The zero-order valence-corrected chi connectivity index (χ0v) is 12.4. The van der Waals surface area contributed by atoms with Crippen molar-refractivity contribution in [1.29, 1.82) is 0 Å². The monoisotopic (exact) mass is 252 g/mol. The molecule has 2 atom stereocenters. The molecule has 2 aliphatic carbocycles. The predicted octanol–water partition coefficient (Wildman–Crippen LogP) is 3.55. The first-order valence-corrected chi connectivity index (χ1v) is 8.16. The molecular weight excluding hydrogens is 220 g/mol. The molecule has 2 rings (SSSR count). The molecule has 2 aliphatic rings. The predicted molar refractivity (Wildman–Crippen MR) is 78.6 cm³/mol. The lowest BCUT2D eigenvalue weighted by Gasteiger charge is -2.41. The van der Waals surface area contributed by atoms with Crippen LogP contribution in [-0.4, -0.2) is 30.1 Å². The van der Waals surface area contributed by atoms with Crippen molar-refractivity contribution >= 4 is 0 Å². The lowest BCUT2D eigenvalue weighted by Crippen LogP contribution is -2.51. The van der Waals surface area contributed by atoms with Gasteiger partial charge in [0.05, 0.1) is 0 Å². The summed E-state index contributed by atoms with van der Waals surface area (Å²) in [5.74, 6) is 0.945. The van der Waals surface area contributed by atoms with E-state index in [0.717, 1.165) is 12.0 Å². The second kappa shape index (κ2) is 6.91. The minimum Gasteiger partial charge on any atom is -0.326 e. The van der Waals surface area contributed by atoms with E-state index in [4.69, 9.17) is 5.73 Å². The lowest BCUT2D eigenvalue weighted by atomic mass is 9.84. The molecule has 0 saturated heterocycles. The van der Waals surface area contributed by atoms with E-state index in [1.54, 1.807) is 0 Å². The van der Waals surface area contributed by atoms with Gasteiger partial charge in [-0.15, -0.1) is 0 Å². The molecule has 0 aliphatic heterocycles. The Morgan fingerprint density at radius 2 is 1.44 bits per heavy atom. The summed E-state index contributed by atoms with van der Waals surface area (Å²) in [5, 5.41) is 0. The molecular formula is C16H32N2. The van der Waals surface area contributed by atoms with Crippen LogP contribution in [0.25, 0.3) is 0 Å². The van der Waals surface area contributed by atoms with Gasteiger partial charge < -0.3 is 5.73 Å². The second-order valence-corrected chi connectivity index (χ2v) is 6.80. The molecule has 18 heavy (non-hydrogen) atoms. The molecule has 2 unspecified atom stereocenters. The molecule has 2 N–H and O–H groups in total. The van der Waals surface area contributed by atoms with E-state index >= 15 is 0 Å². The summed E-state index contributed by atoms with van der Waals surface area (Å²) in [6, 6.07) is 1.86. The highest BCUT2D eigenvalue weighted by atomic mass is 15.2. The van der Waals surface area contributed by atoms with Crippen LogP contribution in [-0.2, 0) is 0 Å². The van der Waals surface area contributed by atoms with E-state index in [-0.39, 0.29) is 0 Å². The molecule has 0 bridgehead atoms. The summed E-state index contributed by atoms with van der Waals surface area (Å²) >= 11 is 0. The Labute approximate surface area is 113 Å². The van der Waals surface area contributed by atoms with Crippen molar-refractivity contribution in [3.63, 3.8) is 0 Å². The third kappa shape index (κ3) is 3.71. The van der Waals surface area contributed by atoms with Crippen LogP contribution in [0.15, 0.2) is 0 Å². The highest BCUT2D eigenvalue weighted by Crippen LogP contribution is 2.30. The quantitative estimate of drug-likeness (QED) is 0.814. The maximum absolute atomic E-state index is 6.44. The third-order valence-electron chi connectivity index (χ3n) is 5.37. The Kier molecular flexibility index (Phi) is 5.50. The Balaban J connectivity index is 1.90. The van der Waals surface area contributed by atoms with E-state index in [1.807, 2.05) is 0 Å². The average molecular weight is 252 g/mol. The van der Waals surface area contributed by atoms with Gasteiger partial charge in [-0.1, -0.05) is 32.6 Å². The first kappa shape index (κ1) is 14.3. The summed E-state index contributed by atoms with van der Waals surface area (Å²) in [7, 11) is 2.34. The van der Waals surface area contributed by atoms with Gasteiger partial charge in [0.2, 0.25) is 0 Å². The van der Waals surface area contributed by atoms with E-state index < -0.39 is 0 Å². The van der Waals surface area contributed by atoms with Crippen molar-refractivity contribution in [2.75, 3.05) is 7.05 Å². The van der Waals surface area contributed by atoms with Crippen molar-refractivity contribution in [3.8, 4) is 0 Å². The molecule has 2 saturated carbocycles. The van der Waals surface area contributed by atoms with Crippen LogP contribution < -0.4 is 5.73 Å². The van der Waals surface area contributed by atoms with E-state index in [9.17, 15) is 0 Å². The van der Waals surface area contributed by atoms with Crippen molar-refractivity contribution in [3.05, 3.63) is 0 Å². The van der Waals surface area contributed by atoms with Gasteiger partial charge in [-0.05, 0) is 51.5 Å². The number of nitrogens with zero attached hydrogens (tertiary/aromatic N) is 1. The lowest BCUT2D eigenvalue weighted by molar-refractivity contribution is 0.0951. The first-order chi connectivity index (χ1) is 8.68. The minimum absolute atomic E-state index is 0.412. The number of hydrogen-bond donors (Lipinski definition) is 1. The van der Waals surface area contributed by atoms with Gasteiger partial charge in [0.25, 0.3) is 0 Å². The molecule has 0 heterocycles. The molecule has 0 aromatic carbocycles. The zero-order chi connectivity index (χ0) is 13.0. The van der Waals surface area contributed by atoms with Crippen LogP contribution in [0.2, 0.25) is 0 Å². The fourth-order valence-corrected chi connectivity index (χ4v) is 3.92. The Morgan fingerprint density at radius 3 is 2.11 bits per heavy atom. The molecule has 2 heteroatoms. The Morgan fingerprint density at radius 1 is 0.833 bits per heavy atom. The van der Waals surface area contributed by atoms with Crippen molar-refractivity contribution in [2.24, 2.45) is 11.7 Å². The average Bonchev–Trinajstić information content (AvgIpc) is 2.35. The summed E-state index contributed by atoms with van der Waals surface area (Å²) in [6.45, 7) is 2.40. The van der Waals surface area contributed by atoms with Crippen LogP contribution >= 0.6 is 0 Å². The standard InChI is InChI=1S/C16H32N2/c1-13-9-11-14(12-10-13)18(2)16-8-6-4-3-5-7-15(16)17/h13-16H,3-12,17H2,1-2H3. The van der Waals surface area contributed by atoms with Crippen LogP contribution in [0.1, 0.15) is 71.1 Å². The maximum atomic E-state index is 6.44. The number of nitrogens with two attached hydrogens (primary N) is 1. The van der Waals surface area contributed by atoms with Crippen molar-refractivity contribution in [2.45, 2.75) is 89.3 Å². The van der Waals surface area contributed by atoms with Crippen molar-refractivity contribution in [1.82, 2.24) is 4.90 Å². The zero-order valence-electron chi connectivity index (χ0n) is 12.4. The first-order valence-electron chi connectivity index (χ1n) is 8.16. The summed E-state index contributed by atoms with van der Waals surface area (Å²) in [6.07, 6.45) is 13.7. The summed E-state index contributed by atoms with van der Waals surface area (Å²) in [5.41, 5.74) is 6.44. The van der Waals surface area contributed by atoms with Gasteiger partial charge in [-0.2, -0.15) is 0 Å². The van der Waals surface area contributed by atoms with E-state index in [1.165, 1.54) is 64.2 Å². The smallest absolute Gasteiger partial charge is 0.0247 e. The summed E-state index contributed by atoms with van der Waals surface area (Å²) < 4.78 is 0. The topological polar surface area (TPSA) is 29.3 Å². The van der Waals surface area contributed by atoms with Gasteiger partial charge in [0.1, 0.15) is 0 Å². The van der Waals surface area contributed by atoms with Crippen LogP contribution in [0, 0.1) is 5.92 Å². The summed E-state index contributed by atoms with van der Waals surface area (Å²) in [4.78, 5) is 2.65. The fraction of sp³-hybridized carbons (Fsp3) is 1.00. The fourth-order valence-electron chi connectivity index (χ4n) is 3.92. The van der Waals surface area contributed by atoms with Gasteiger partial charge in [-0.3, -0.25) is 4.90 Å². The molecule has 0 spiro atoms. The molecule has 0 aromatic rings. The molecule has 2 nitrogen and oxygen atoms in total. The van der Waals surface area contributed by atoms with Gasteiger partial charge >= 0.3 is 0 Å². The second-order valence-electron chi connectivity index (χ2n) is 6.80. The van der Waals surface area contributed by atoms with Gasteiger partial charge in [0.15, 0.2) is 0 Å². The number of hydrogen-bond acceptors (Lipinski definition) is 2. The van der Waals surface area contributed by atoms with E-state index in [2.05, 4.69) is 18.9 Å². The van der Waals surface area contributed by atoms with Crippen molar-refractivity contribution < 1.29 is 0 Å². The normalized spacial score (nSPS) is 39.3. The number of likely N-dealkylation sites (N-methyl/N-ethyl adjacent to an activating group) is 1. The highest BCUT2D eigenvalue weighted by Gasteiger charge is 2.30. The minimum atomic E-state index is 0.412. The van der Waals surface area contributed by atoms with Crippen LogP contribution in [0.5, 0.6) is 0 Å². The maximum Gasteiger partial charge on any atom is 0.0247 e. The molecule has 0 aromatic heterocycles. The largest absolute Gasteiger partial charge is 0.326 e. The molecule has 0 amide bonds. The van der Waals surface area contributed by atoms with Crippen LogP contribution in [0.4, 0.5) is 0 Å². The molecule has 2 fully saturated rings.